The molecule has 17 heavy (non-hydrogen) atoms. The lowest BCUT2D eigenvalue weighted by Crippen LogP contribution is -2.40. The third-order valence-electron chi connectivity index (χ3n) is 3.23. The average molecular weight is 258 g/mol. The number of hydrogen-bond acceptors (Lipinski definition) is 3. The van der Waals surface area contributed by atoms with Crippen LogP contribution in [-0.2, 0) is 10.0 Å². The minimum atomic E-state index is -3.84. The lowest BCUT2D eigenvalue weighted by Gasteiger charge is -2.38. The summed E-state index contributed by atoms with van der Waals surface area (Å²) in [5.74, 6) is -0.821. The van der Waals surface area contributed by atoms with E-state index in [2.05, 4.69) is 9.71 Å². The van der Waals surface area contributed by atoms with Crippen molar-refractivity contribution in [3.63, 3.8) is 0 Å². The Morgan fingerprint density at radius 1 is 1.53 bits per heavy atom. The second-order valence-electron chi connectivity index (χ2n) is 4.78. The van der Waals surface area contributed by atoms with Gasteiger partial charge in [0, 0.05) is 12.7 Å². The van der Waals surface area contributed by atoms with Gasteiger partial charge in [-0.15, -0.1) is 0 Å². The number of halogens is 1. The molecule has 0 unspecified atom stereocenters. The Hall–Kier alpha value is -1.01. The molecule has 1 aromatic heterocycles. The molecular weight excluding hydrogens is 243 g/mol. The molecule has 1 N–H and O–H groups in total. The first-order valence-electron chi connectivity index (χ1n) is 5.53. The van der Waals surface area contributed by atoms with Crippen molar-refractivity contribution < 1.29 is 12.8 Å². The van der Waals surface area contributed by atoms with Crippen LogP contribution in [0.2, 0.25) is 0 Å². The van der Waals surface area contributed by atoms with Gasteiger partial charge in [-0.05, 0) is 30.4 Å². The third kappa shape index (κ3) is 2.63. The average Bonchev–Trinajstić information content (AvgIpc) is 2.24. The highest BCUT2D eigenvalue weighted by Gasteiger charge is 2.33. The molecule has 0 aliphatic heterocycles. The molecule has 1 heterocycles. The highest BCUT2D eigenvalue weighted by molar-refractivity contribution is 7.89. The predicted octanol–water partition coefficient (Wildman–Crippen LogP) is 1.69. The molecule has 0 spiro atoms. The van der Waals surface area contributed by atoms with Crippen LogP contribution in [0, 0.1) is 11.2 Å². The van der Waals surface area contributed by atoms with E-state index < -0.39 is 20.9 Å². The lowest BCUT2D eigenvalue weighted by molar-refractivity contribution is 0.166. The molecule has 1 aliphatic carbocycles. The molecule has 1 fully saturated rings. The van der Waals surface area contributed by atoms with Crippen LogP contribution in [0.1, 0.15) is 26.2 Å². The zero-order chi connectivity index (χ0) is 12.5. The maximum atomic E-state index is 13.3. The van der Waals surface area contributed by atoms with Gasteiger partial charge in [0.05, 0.1) is 0 Å². The van der Waals surface area contributed by atoms with Gasteiger partial charge in [-0.3, -0.25) is 0 Å². The first-order valence-corrected chi connectivity index (χ1v) is 7.02. The minimum Gasteiger partial charge on any atom is -0.241 e. The molecular formula is C11H15FN2O2S. The number of pyridine rings is 1. The Kier molecular flexibility index (Phi) is 3.18. The van der Waals surface area contributed by atoms with E-state index in [1.165, 1.54) is 12.3 Å². The van der Waals surface area contributed by atoms with Crippen LogP contribution in [0.3, 0.4) is 0 Å². The van der Waals surface area contributed by atoms with Gasteiger partial charge in [-0.1, -0.05) is 13.3 Å². The van der Waals surface area contributed by atoms with E-state index in [1.54, 1.807) is 0 Å². The van der Waals surface area contributed by atoms with Crippen LogP contribution >= 0.6 is 0 Å². The Bertz CT molecular complexity index is 512. The Morgan fingerprint density at radius 3 is 2.76 bits per heavy atom. The smallest absolute Gasteiger partial charge is 0.241 e. The van der Waals surface area contributed by atoms with Crippen LogP contribution in [0.15, 0.2) is 23.4 Å². The molecule has 0 atom stereocenters. The van der Waals surface area contributed by atoms with Crippen molar-refractivity contribution in [1.29, 1.82) is 0 Å². The zero-order valence-electron chi connectivity index (χ0n) is 9.61. The van der Waals surface area contributed by atoms with E-state index in [1.807, 2.05) is 6.92 Å². The van der Waals surface area contributed by atoms with Crippen molar-refractivity contribution in [2.24, 2.45) is 5.41 Å². The highest BCUT2D eigenvalue weighted by atomic mass is 32.2. The van der Waals surface area contributed by atoms with Crippen molar-refractivity contribution in [3.05, 3.63) is 24.1 Å². The van der Waals surface area contributed by atoms with Crippen molar-refractivity contribution >= 4 is 10.0 Å². The van der Waals surface area contributed by atoms with Gasteiger partial charge in [-0.2, -0.15) is 0 Å². The number of nitrogens with zero attached hydrogens (tertiary/aromatic N) is 1. The first-order chi connectivity index (χ1) is 7.93. The Balaban J connectivity index is 2.12. The van der Waals surface area contributed by atoms with Gasteiger partial charge < -0.3 is 0 Å². The molecule has 0 radical (unpaired) electrons. The number of sulfonamides is 1. The van der Waals surface area contributed by atoms with E-state index in [0.717, 1.165) is 25.3 Å². The topological polar surface area (TPSA) is 59.1 Å². The van der Waals surface area contributed by atoms with E-state index in [0.29, 0.717) is 6.54 Å². The zero-order valence-corrected chi connectivity index (χ0v) is 10.4. The van der Waals surface area contributed by atoms with E-state index in [9.17, 15) is 12.8 Å². The molecule has 0 saturated heterocycles. The summed E-state index contributed by atoms with van der Waals surface area (Å²) in [5, 5.41) is -0.525. The fraction of sp³-hybridized carbons (Fsp3) is 0.545. The molecule has 4 nitrogen and oxygen atoms in total. The van der Waals surface area contributed by atoms with Crippen LogP contribution in [0.5, 0.6) is 0 Å². The summed E-state index contributed by atoms with van der Waals surface area (Å²) in [5.41, 5.74) is 0.0122. The van der Waals surface area contributed by atoms with Crippen LogP contribution < -0.4 is 4.72 Å². The van der Waals surface area contributed by atoms with Gasteiger partial charge in [0.1, 0.15) is 0 Å². The van der Waals surface area contributed by atoms with Gasteiger partial charge in [0.15, 0.2) is 5.82 Å². The lowest BCUT2D eigenvalue weighted by atomic mass is 9.71. The number of nitrogens with one attached hydrogen (secondary N) is 1. The Labute approximate surface area is 100 Å². The third-order valence-corrected chi connectivity index (χ3v) is 4.56. The molecule has 0 amide bonds. The molecule has 1 saturated carbocycles. The summed E-state index contributed by atoms with van der Waals surface area (Å²) in [6.45, 7) is 2.36. The van der Waals surface area contributed by atoms with Crippen molar-refractivity contribution in [3.8, 4) is 0 Å². The summed E-state index contributed by atoms with van der Waals surface area (Å²) < 4.78 is 39.4. The standard InChI is InChI=1S/C11H15FN2O2S/c1-11(5-3-6-11)8-14-17(15,16)10-9(12)4-2-7-13-10/h2,4,7,14H,3,5-6,8H2,1H3. The molecule has 1 aliphatic rings. The molecule has 94 valence electrons. The largest absolute Gasteiger partial charge is 0.261 e. The van der Waals surface area contributed by atoms with Crippen LogP contribution in [0.25, 0.3) is 0 Å². The van der Waals surface area contributed by atoms with E-state index >= 15 is 0 Å². The highest BCUT2D eigenvalue weighted by Crippen LogP contribution is 2.39. The summed E-state index contributed by atoms with van der Waals surface area (Å²) in [6.07, 6.45) is 4.39. The summed E-state index contributed by atoms with van der Waals surface area (Å²) in [4.78, 5) is 3.57. The van der Waals surface area contributed by atoms with Crippen LogP contribution in [-0.4, -0.2) is 19.9 Å². The van der Waals surface area contributed by atoms with Crippen molar-refractivity contribution in [1.82, 2.24) is 9.71 Å². The maximum Gasteiger partial charge on any atom is 0.261 e. The number of aromatic nitrogens is 1. The summed E-state index contributed by atoms with van der Waals surface area (Å²) >= 11 is 0. The normalized spacial score (nSPS) is 18.7. The second kappa shape index (κ2) is 4.34. The first kappa shape index (κ1) is 12.4. The van der Waals surface area contributed by atoms with Gasteiger partial charge in [0.2, 0.25) is 5.03 Å². The number of hydrogen-bond donors (Lipinski definition) is 1. The van der Waals surface area contributed by atoms with Crippen LogP contribution in [0.4, 0.5) is 4.39 Å². The predicted molar refractivity (Wildman–Crippen MR) is 61.3 cm³/mol. The molecule has 0 bridgehead atoms. The van der Waals surface area contributed by atoms with Crippen molar-refractivity contribution in [2.45, 2.75) is 31.2 Å². The molecule has 6 heteroatoms. The van der Waals surface area contributed by atoms with Gasteiger partial charge in [-0.25, -0.2) is 22.5 Å². The van der Waals surface area contributed by atoms with Crippen molar-refractivity contribution in [2.75, 3.05) is 6.54 Å². The molecule has 2 rings (SSSR count). The SMILES string of the molecule is CC1(CNS(=O)(=O)c2ncccc2F)CCC1. The number of rotatable bonds is 4. The quantitative estimate of drug-likeness (QED) is 0.894. The minimum absolute atomic E-state index is 0.0122. The monoisotopic (exact) mass is 258 g/mol. The van der Waals surface area contributed by atoms with Gasteiger partial charge >= 0.3 is 0 Å². The molecule has 0 aromatic carbocycles. The second-order valence-corrected chi connectivity index (χ2v) is 6.46. The van der Waals surface area contributed by atoms with E-state index in [-0.39, 0.29) is 5.41 Å². The molecule has 1 aromatic rings. The van der Waals surface area contributed by atoms with E-state index in [4.69, 9.17) is 0 Å². The summed E-state index contributed by atoms with van der Waals surface area (Å²) in [6, 6.07) is 2.45. The fourth-order valence-electron chi connectivity index (χ4n) is 1.86. The Morgan fingerprint density at radius 2 is 2.24 bits per heavy atom. The maximum absolute atomic E-state index is 13.3. The van der Waals surface area contributed by atoms with Gasteiger partial charge in [0.25, 0.3) is 10.0 Å². The fourth-order valence-corrected chi connectivity index (χ4v) is 3.06. The summed E-state index contributed by atoms with van der Waals surface area (Å²) in [7, 11) is -3.84.